The van der Waals surface area contributed by atoms with Gasteiger partial charge in [0.1, 0.15) is 11.2 Å². The summed E-state index contributed by atoms with van der Waals surface area (Å²) in [5.41, 5.74) is 3.21. The van der Waals surface area contributed by atoms with Gasteiger partial charge < -0.3 is 9.88 Å². The first kappa shape index (κ1) is 15.3. The predicted octanol–water partition coefficient (Wildman–Crippen LogP) is 2.31. The molecule has 4 rings (SSSR count). The van der Waals surface area contributed by atoms with Crippen molar-refractivity contribution in [2.75, 3.05) is 11.9 Å². The summed E-state index contributed by atoms with van der Waals surface area (Å²) in [6.07, 6.45) is 3.59. The van der Waals surface area contributed by atoms with E-state index in [4.69, 9.17) is 0 Å². The van der Waals surface area contributed by atoms with Gasteiger partial charge in [-0.15, -0.1) is 0 Å². The Labute approximate surface area is 144 Å². The van der Waals surface area contributed by atoms with Crippen LogP contribution in [-0.4, -0.2) is 30.6 Å². The van der Waals surface area contributed by atoms with Crippen LogP contribution in [0.2, 0.25) is 0 Å². The van der Waals surface area contributed by atoms with Gasteiger partial charge in [-0.1, -0.05) is 18.2 Å². The molecule has 25 heavy (non-hydrogen) atoms. The quantitative estimate of drug-likeness (QED) is 0.622. The van der Waals surface area contributed by atoms with Gasteiger partial charge in [-0.05, 0) is 13.0 Å². The Kier molecular flexibility index (Phi) is 3.49. The molecule has 0 amide bonds. The van der Waals surface area contributed by atoms with Gasteiger partial charge in [-0.2, -0.15) is 4.98 Å². The number of para-hydroxylation sites is 1. The second kappa shape index (κ2) is 5.70. The zero-order chi connectivity index (χ0) is 17.6. The number of benzene rings is 1. The van der Waals surface area contributed by atoms with Gasteiger partial charge in [0, 0.05) is 43.3 Å². The SMILES string of the molecule is CCNc1ncc2nc(-c3cn(C)c4ccccc34)c(=O)n(C)c2n1. The van der Waals surface area contributed by atoms with Crippen LogP contribution in [0.3, 0.4) is 0 Å². The van der Waals surface area contributed by atoms with E-state index in [0.29, 0.717) is 29.4 Å². The van der Waals surface area contributed by atoms with E-state index in [-0.39, 0.29) is 5.56 Å². The van der Waals surface area contributed by atoms with Gasteiger partial charge in [0.2, 0.25) is 5.95 Å². The van der Waals surface area contributed by atoms with E-state index in [1.54, 1.807) is 13.2 Å². The van der Waals surface area contributed by atoms with Crippen LogP contribution in [0.4, 0.5) is 5.95 Å². The standard InChI is InChI=1S/C18H18N6O/c1-4-19-18-20-9-13-16(22-18)24(3)17(25)15(21-13)12-10-23(2)14-8-6-5-7-11(12)14/h5-10H,4H2,1-3H3,(H,19,20,22). The fourth-order valence-corrected chi connectivity index (χ4v) is 3.06. The normalized spacial score (nSPS) is 11.3. The number of nitrogens with zero attached hydrogens (tertiary/aromatic N) is 5. The van der Waals surface area contributed by atoms with Crippen molar-refractivity contribution >= 4 is 28.0 Å². The van der Waals surface area contributed by atoms with Gasteiger partial charge in [-0.3, -0.25) is 9.36 Å². The van der Waals surface area contributed by atoms with Crippen molar-refractivity contribution in [2.24, 2.45) is 14.1 Å². The predicted molar refractivity (Wildman–Crippen MR) is 98.7 cm³/mol. The second-order valence-corrected chi connectivity index (χ2v) is 5.93. The van der Waals surface area contributed by atoms with E-state index < -0.39 is 0 Å². The van der Waals surface area contributed by atoms with Crippen molar-refractivity contribution in [2.45, 2.75) is 6.92 Å². The number of anilines is 1. The monoisotopic (exact) mass is 334 g/mol. The van der Waals surface area contributed by atoms with Gasteiger partial charge in [0.05, 0.1) is 6.20 Å². The molecule has 0 radical (unpaired) electrons. The number of hydrogen-bond donors (Lipinski definition) is 1. The molecule has 126 valence electrons. The van der Waals surface area contributed by atoms with Crippen LogP contribution in [-0.2, 0) is 14.1 Å². The van der Waals surface area contributed by atoms with Gasteiger partial charge in [0.25, 0.3) is 5.56 Å². The van der Waals surface area contributed by atoms with Gasteiger partial charge in [-0.25, -0.2) is 9.97 Å². The molecule has 7 heteroatoms. The fraction of sp³-hybridized carbons (Fsp3) is 0.222. The van der Waals surface area contributed by atoms with E-state index in [2.05, 4.69) is 20.3 Å². The zero-order valence-electron chi connectivity index (χ0n) is 14.3. The Bertz CT molecular complexity index is 1160. The first-order valence-corrected chi connectivity index (χ1v) is 8.12. The summed E-state index contributed by atoms with van der Waals surface area (Å²) in [5.74, 6) is 0.490. The van der Waals surface area contributed by atoms with E-state index in [0.717, 1.165) is 16.5 Å². The molecule has 0 atom stereocenters. The number of hydrogen-bond acceptors (Lipinski definition) is 5. The van der Waals surface area contributed by atoms with Crippen LogP contribution in [0.15, 0.2) is 41.5 Å². The van der Waals surface area contributed by atoms with Gasteiger partial charge >= 0.3 is 0 Å². The molecule has 0 saturated carbocycles. The highest BCUT2D eigenvalue weighted by molar-refractivity contribution is 5.95. The lowest BCUT2D eigenvalue weighted by molar-refractivity contribution is 0.871. The van der Waals surface area contributed by atoms with Crippen molar-refractivity contribution in [1.82, 2.24) is 24.1 Å². The first-order chi connectivity index (χ1) is 12.1. The Hall–Kier alpha value is -3.22. The molecule has 0 spiro atoms. The molecule has 0 aliphatic heterocycles. The lowest BCUT2D eigenvalue weighted by Gasteiger charge is -2.08. The molecule has 7 nitrogen and oxygen atoms in total. The van der Waals surface area contributed by atoms with E-state index in [9.17, 15) is 4.79 Å². The highest BCUT2D eigenvalue weighted by atomic mass is 16.1. The molecular weight excluding hydrogens is 316 g/mol. The Balaban J connectivity index is 2.01. The molecule has 1 aromatic carbocycles. The highest BCUT2D eigenvalue weighted by Crippen LogP contribution is 2.27. The van der Waals surface area contributed by atoms with Crippen LogP contribution >= 0.6 is 0 Å². The summed E-state index contributed by atoms with van der Waals surface area (Å²) in [6, 6.07) is 7.97. The molecule has 0 fully saturated rings. The fourth-order valence-electron chi connectivity index (χ4n) is 3.06. The summed E-state index contributed by atoms with van der Waals surface area (Å²) < 4.78 is 3.53. The molecule has 0 aliphatic carbocycles. The maximum Gasteiger partial charge on any atom is 0.278 e. The maximum atomic E-state index is 12.9. The molecule has 4 aromatic rings. The summed E-state index contributed by atoms with van der Waals surface area (Å²) in [4.78, 5) is 26.2. The zero-order valence-corrected chi connectivity index (χ0v) is 14.3. The second-order valence-electron chi connectivity index (χ2n) is 5.93. The van der Waals surface area contributed by atoms with Crippen LogP contribution in [0.5, 0.6) is 0 Å². The Morgan fingerprint density at radius 1 is 1.16 bits per heavy atom. The van der Waals surface area contributed by atoms with Crippen LogP contribution < -0.4 is 10.9 Å². The lowest BCUT2D eigenvalue weighted by atomic mass is 10.1. The molecule has 0 aliphatic rings. The number of aryl methyl sites for hydroxylation is 2. The number of fused-ring (bicyclic) bond motifs is 2. The summed E-state index contributed by atoms with van der Waals surface area (Å²) in [5, 5.41) is 4.05. The molecule has 0 saturated heterocycles. The molecular formula is C18H18N6O. The van der Waals surface area contributed by atoms with Crippen molar-refractivity contribution in [3.63, 3.8) is 0 Å². The third-order valence-corrected chi connectivity index (χ3v) is 4.29. The smallest absolute Gasteiger partial charge is 0.278 e. The largest absolute Gasteiger partial charge is 0.354 e. The number of nitrogens with one attached hydrogen (secondary N) is 1. The third-order valence-electron chi connectivity index (χ3n) is 4.29. The molecule has 3 heterocycles. The average Bonchev–Trinajstić information content (AvgIpc) is 2.96. The molecule has 3 aromatic heterocycles. The van der Waals surface area contributed by atoms with Crippen molar-refractivity contribution in [3.8, 4) is 11.3 Å². The van der Waals surface area contributed by atoms with Crippen molar-refractivity contribution in [3.05, 3.63) is 47.0 Å². The topological polar surface area (TPSA) is 77.6 Å². The highest BCUT2D eigenvalue weighted by Gasteiger charge is 2.16. The third kappa shape index (κ3) is 2.36. The maximum absolute atomic E-state index is 12.9. The summed E-state index contributed by atoms with van der Waals surface area (Å²) in [7, 11) is 3.67. The molecule has 0 bridgehead atoms. The minimum absolute atomic E-state index is 0.176. The van der Waals surface area contributed by atoms with Crippen LogP contribution in [0.25, 0.3) is 33.3 Å². The minimum Gasteiger partial charge on any atom is -0.354 e. The molecule has 1 N–H and O–H groups in total. The minimum atomic E-state index is -0.176. The van der Waals surface area contributed by atoms with Crippen molar-refractivity contribution < 1.29 is 0 Å². The lowest BCUT2D eigenvalue weighted by Crippen LogP contribution is -2.22. The van der Waals surface area contributed by atoms with E-state index in [1.807, 2.05) is 49.0 Å². The molecule has 0 unspecified atom stereocenters. The Morgan fingerprint density at radius 2 is 1.96 bits per heavy atom. The Morgan fingerprint density at radius 3 is 2.76 bits per heavy atom. The van der Waals surface area contributed by atoms with Crippen LogP contribution in [0, 0.1) is 0 Å². The van der Waals surface area contributed by atoms with E-state index in [1.165, 1.54) is 4.57 Å². The average molecular weight is 334 g/mol. The number of aromatic nitrogens is 5. The van der Waals surface area contributed by atoms with Crippen molar-refractivity contribution in [1.29, 1.82) is 0 Å². The van der Waals surface area contributed by atoms with Crippen LogP contribution in [0.1, 0.15) is 6.92 Å². The van der Waals surface area contributed by atoms with Gasteiger partial charge in [0.15, 0.2) is 5.65 Å². The number of rotatable bonds is 3. The summed E-state index contributed by atoms with van der Waals surface area (Å²) >= 11 is 0. The summed E-state index contributed by atoms with van der Waals surface area (Å²) in [6.45, 7) is 2.68. The van der Waals surface area contributed by atoms with E-state index >= 15 is 0 Å². The first-order valence-electron chi connectivity index (χ1n) is 8.12.